The second-order valence-corrected chi connectivity index (χ2v) is 9.84. The number of aliphatic hydroxyl groups excluding tert-OH is 1. The summed E-state index contributed by atoms with van der Waals surface area (Å²) < 4.78 is 5.60. The number of hydrogen-bond acceptors (Lipinski definition) is 4. The number of amides is 1. The Hall–Kier alpha value is -2.96. The molecule has 3 aromatic rings. The summed E-state index contributed by atoms with van der Waals surface area (Å²) in [5, 5.41) is 8.26. The van der Waals surface area contributed by atoms with E-state index in [9.17, 15) is 4.79 Å². The minimum Gasteiger partial charge on any atom is -0.400 e. The number of aryl methyl sites for hydroxylation is 1. The van der Waals surface area contributed by atoms with Gasteiger partial charge in [0, 0.05) is 43.4 Å². The number of aromatic nitrogens is 1. The molecule has 186 valence electrons. The molecule has 2 unspecified atom stereocenters. The minimum absolute atomic E-state index is 0.176. The van der Waals surface area contributed by atoms with Gasteiger partial charge in [0.15, 0.2) is 0 Å². The number of benzene rings is 2. The predicted molar refractivity (Wildman–Crippen MR) is 138 cm³/mol. The summed E-state index contributed by atoms with van der Waals surface area (Å²) in [6.45, 7) is 6.65. The quantitative estimate of drug-likeness (QED) is 0.567. The van der Waals surface area contributed by atoms with Crippen molar-refractivity contribution in [1.82, 2.24) is 9.88 Å². The number of ether oxygens (including phenoxy) is 1. The van der Waals surface area contributed by atoms with E-state index in [1.54, 1.807) is 0 Å². The molecule has 3 aliphatic rings. The Balaban J connectivity index is 0.000000689. The molecule has 6 nitrogen and oxygen atoms in total. The average molecular weight is 477 g/mol. The predicted octanol–water partition coefficient (Wildman–Crippen LogP) is 4.84. The Bertz CT molecular complexity index is 1140. The van der Waals surface area contributed by atoms with E-state index in [1.807, 2.05) is 6.79 Å². The van der Waals surface area contributed by atoms with Crippen LogP contribution in [0.1, 0.15) is 49.1 Å². The molecule has 0 radical (unpaired) electrons. The van der Waals surface area contributed by atoms with E-state index in [0.29, 0.717) is 11.3 Å². The Kier molecular flexibility index (Phi) is 7.72. The van der Waals surface area contributed by atoms with E-state index in [-0.39, 0.29) is 12.0 Å². The largest absolute Gasteiger partial charge is 0.400 e. The highest BCUT2D eigenvalue weighted by Crippen LogP contribution is 2.65. The van der Waals surface area contributed by atoms with Crippen LogP contribution in [-0.4, -0.2) is 60.6 Å². The van der Waals surface area contributed by atoms with Crippen LogP contribution < -0.4 is 0 Å². The number of nitrogens with one attached hydrogen (secondary N) is 1. The number of likely N-dealkylation sites (tertiary alicyclic amines) is 1. The molecule has 2 saturated heterocycles. The van der Waals surface area contributed by atoms with Gasteiger partial charge in [0.1, 0.15) is 12.9 Å². The van der Waals surface area contributed by atoms with Crippen molar-refractivity contribution >= 4 is 23.6 Å². The molecule has 1 aliphatic carbocycles. The number of fused-ring (bicyclic) bond motifs is 1. The zero-order valence-electron chi connectivity index (χ0n) is 20.8. The highest BCUT2D eigenvalue weighted by molar-refractivity contribution is 5.86. The third kappa shape index (κ3) is 5.04. The molecule has 2 N–H and O–H groups in total. The molecule has 2 aromatic carbocycles. The number of rotatable bonds is 3. The number of hydrogen-bond donors (Lipinski definition) is 2. The molecule has 6 heteroatoms. The average Bonchev–Trinajstić information content (AvgIpc) is 3.26. The number of aromatic amines is 1. The Labute approximate surface area is 207 Å². The van der Waals surface area contributed by atoms with Gasteiger partial charge in [0.25, 0.3) is 5.91 Å². The fourth-order valence-corrected chi connectivity index (χ4v) is 5.81. The van der Waals surface area contributed by atoms with E-state index in [1.165, 1.54) is 39.7 Å². The number of piperidine rings is 1. The van der Waals surface area contributed by atoms with Crippen LogP contribution in [0.15, 0.2) is 48.5 Å². The first-order valence-electron chi connectivity index (χ1n) is 12.5. The molecule has 2 aliphatic heterocycles. The molecule has 3 heterocycles. The summed E-state index contributed by atoms with van der Waals surface area (Å²) in [7, 11) is 1.00. The summed E-state index contributed by atoms with van der Waals surface area (Å²) >= 11 is 0. The maximum atomic E-state index is 12.6. The van der Waals surface area contributed by atoms with Crippen molar-refractivity contribution in [3.63, 3.8) is 0 Å². The molecule has 0 bridgehead atoms. The fourth-order valence-electron chi connectivity index (χ4n) is 5.81. The monoisotopic (exact) mass is 476 g/mol. The summed E-state index contributed by atoms with van der Waals surface area (Å²) in [5.41, 5.74) is 6.76. The van der Waals surface area contributed by atoms with Gasteiger partial charge in [0.05, 0.1) is 0 Å². The molecule has 6 rings (SSSR count). The van der Waals surface area contributed by atoms with Gasteiger partial charge in [-0.2, -0.15) is 0 Å². The number of H-pyrrole nitrogens is 1. The standard InChI is InChI=1S/C27H30N2O2.CH4O.CH2O/c1-18-4-5-21-16-24(28-23(21)15-18)20-8-6-19(7-9-20)22-17-27(22)10-12-29(13-11-27)26(30)25-3-2-14-31-25;2*1-2/h4-9,15-16,22,25,28H,2-3,10-14,17H2,1H3;2H,1H3;1H2. The smallest absolute Gasteiger partial charge is 0.251 e. The van der Waals surface area contributed by atoms with Gasteiger partial charge in [-0.05, 0) is 79.2 Å². The van der Waals surface area contributed by atoms with Crippen molar-refractivity contribution in [2.45, 2.75) is 51.0 Å². The fraction of sp³-hybridized carbons (Fsp3) is 0.448. The van der Waals surface area contributed by atoms with Gasteiger partial charge < -0.3 is 24.5 Å². The van der Waals surface area contributed by atoms with Gasteiger partial charge in [0.2, 0.25) is 0 Å². The first-order chi connectivity index (χ1) is 17.1. The zero-order chi connectivity index (χ0) is 25.0. The number of carbonyl (C=O) groups is 2. The summed E-state index contributed by atoms with van der Waals surface area (Å²) in [4.78, 5) is 26.3. The number of carbonyl (C=O) groups excluding carboxylic acids is 2. The molecule has 35 heavy (non-hydrogen) atoms. The van der Waals surface area contributed by atoms with Crippen molar-refractivity contribution in [1.29, 1.82) is 0 Å². The van der Waals surface area contributed by atoms with Gasteiger partial charge in [-0.1, -0.05) is 36.4 Å². The molecule has 1 saturated carbocycles. The molecule has 2 atom stereocenters. The van der Waals surface area contributed by atoms with E-state index in [2.05, 4.69) is 65.3 Å². The van der Waals surface area contributed by atoms with Crippen LogP contribution in [0.3, 0.4) is 0 Å². The van der Waals surface area contributed by atoms with Crippen molar-refractivity contribution in [3.05, 3.63) is 59.7 Å². The van der Waals surface area contributed by atoms with Gasteiger partial charge in [-0.25, -0.2) is 0 Å². The Morgan fingerprint density at radius 2 is 1.80 bits per heavy atom. The van der Waals surface area contributed by atoms with Crippen molar-refractivity contribution < 1.29 is 19.4 Å². The third-order valence-corrected chi connectivity index (χ3v) is 7.87. The second-order valence-electron chi connectivity index (χ2n) is 9.84. The molecule has 1 amide bonds. The van der Waals surface area contributed by atoms with Crippen LogP contribution in [0.5, 0.6) is 0 Å². The molecule has 1 spiro atoms. The maximum Gasteiger partial charge on any atom is 0.251 e. The first kappa shape index (κ1) is 25.1. The van der Waals surface area contributed by atoms with Crippen LogP contribution in [0.4, 0.5) is 0 Å². The summed E-state index contributed by atoms with van der Waals surface area (Å²) in [6, 6.07) is 17.9. The molecular weight excluding hydrogens is 440 g/mol. The highest BCUT2D eigenvalue weighted by Gasteiger charge is 2.55. The Morgan fingerprint density at radius 3 is 2.46 bits per heavy atom. The lowest BCUT2D eigenvalue weighted by molar-refractivity contribution is -0.142. The topological polar surface area (TPSA) is 82.6 Å². The van der Waals surface area contributed by atoms with Gasteiger partial charge >= 0.3 is 0 Å². The molecular formula is C29H36N2O4. The SMILES string of the molecule is C=O.CO.Cc1ccc2cc(-c3ccc(C4CC45CCN(C(=O)C4CCCO4)CC5)cc3)[nH]c2c1. The van der Waals surface area contributed by atoms with Crippen LogP contribution in [-0.2, 0) is 14.3 Å². The molecule has 3 fully saturated rings. The summed E-state index contributed by atoms with van der Waals surface area (Å²) in [6.07, 6.45) is 5.25. The van der Waals surface area contributed by atoms with E-state index in [0.717, 1.165) is 52.5 Å². The van der Waals surface area contributed by atoms with E-state index in [4.69, 9.17) is 14.6 Å². The van der Waals surface area contributed by atoms with Gasteiger partial charge in [-0.15, -0.1) is 0 Å². The normalized spacial score (nSPS) is 22.2. The van der Waals surface area contributed by atoms with Crippen LogP contribution in [0.2, 0.25) is 0 Å². The summed E-state index contributed by atoms with van der Waals surface area (Å²) in [5.74, 6) is 0.870. The minimum atomic E-state index is -0.176. The van der Waals surface area contributed by atoms with E-state index < -0.39 is 0 Å². The van der Waals surface area contributed by atoms with E-state index >= 15 is 0 Å². The van der Waals surface area contributed by atoms with Gasteiger partial charge in [-0.3, -0.25) is 4.79 Å². The Morgan fingerprint density at radius 1 is 1.09 bits per heavy atom. The lowest BCUT2D eigenvalue weighted by Crippen LogP contribution is -2.44. The second kappa shape index (κ2) is 10.8. The lowest BCUT2D eigenvalue weighted by atomic mass is 9.88. The lowest BCUT2D eigenvalue weighted by Gasteiger charge is -2.34. The van der Waals surface area contributed by atoms with Crippen LogP contribution >= 0.6 is 0 Å². The number of aliphatic hydroxyl groups is 1. The third-order valence-electron chi connectivity index (χ3n) is 7.87. The zero-order valence-corrected chi connectivity index (χ0v) is 20.8. The maximum absolute atomic E-state index is 12.6. The molecule has 1 aromatic heterocycles. The van der Waals surface area contributed by atoms with Crippen LogP contribution in [0, 0.1) is 12.3 Å². The van der Waals surface area contributed by atoms with Crippen LogP contribution in [0.25, 0.3) is 22.2 Å². The van der Waals surface area contributed by atoms with Crippen molar-refractivity contribution in [2.75, 3.05) is 26.8 Å². The number of nitrogens with zero attached hydrogens (tertiary/aromatic N) is 1. The highest BCUT2D eigenvalue weighted by atomic mass is 16.5. The van der Waals surface area contributed by atoms with Crippen molar-refractivity contribution in [2.24, 2.45) is 5.41 Å². The van der Waals surface area contributed by atoms with Crippen molar-refractivity contribution in [3.8, 4) is 11.3 Å². The first-order valence-corrected chi connectivity index (χ1v) is 12.5.